The molecule has 1 fully saturated rings. The summed E-state index contributed by atoms with van der Waals surface area (Å²) in [4.78, 5) is 13.4. The van der Waals surface area contributed by atoms with Crippen LogP contribution in [-0.2, 0) is 4.79 Å². The van der Waals surface area contributed by atoms with E-state index >= 15 is 0 Å². The summed E-state index contributed by atoms with van der Waals surface area (Å²) in [6.07, 6.45) is 4.08. The minimum absolute atomic E-state index is 0.153. The fraction of sp³-hybridized carbons (Fsp3) is 0.308. The number of para-hydroxylation sites is 2. The summed E-state index contributed by atoms with van der Waals surface area (Å²) < 4.78 is 5.29. The lowest BCUT2D eigenvalue weighted by molar-refractivity contribution is -0.117. The van der Waals surface area contributed by atoms with Gasteiger partial charge in [0.2, 0.25) is 5.91 Å². The summed E-state index contributed by atoms with van der Waals surface area (Å²) in [7, 11) is 0. The van der Waals surface area contributed by atoms with Crippen LogP contribution >= 0.6 is 0 Å². The monoisotopic (exact) mass is 215 g/mol. The lowest BCUT2D eigenvalue weighted by Crippen LogP contribution is -2.24. The molecule has 82 valence electrons. The van der Waals surface area contributed by atoms with Crippen LogP contribution in [-0.4, -0.2) is 12.5 Å². The van der Waals surface area contributed by atoms with E-state index in [9.17, 15) is 4.79 Å². The van der Waals surface area contributed by atoms with Gasteiger partial charge in [0, 0.05) is 19.9 Å². The SMILES string of the molecule is CC#COc1ccccc1N1CCCC1=O. The predicted octanol–water partition coefficient (Wildman–Crippen LogP) is 2.17. The Balaban J connectivity index is 2.30. The topological polar surface area (TPSA) is 29.5 Å². The number of anilines is 1. The van der Waals surface area contributed by atoms with E-state index in [2.05, 4.69) is 12.0 Å². The summed E-state index contributed by atoms with van der Waals surface area (Å²) in [5, 5.41) is 0. The van der Waals surface area contributed by atoms with Crippen LogP contribution in [0.3, 0.4) is 0 Å². The van der Waals surface area contributed by atoms with Crippen molar-refractivity contribution in [1.29, 1.82) is 0 Å². The smallest absolute Gasteiger partial charge is 0.227 e. The summed E-state index contributed by atoms with van der Waals surface area (Å²) in [6, 6.07) is 7.48. The molecule has 1 amide bonds. The standard InChI is InChI=1S/C13H13NO2/c1-2-10-16-12-7-4-3-6-11(12)14-9-5-8-13(14)15/h3-4,6-7H,5,8-9H2,1H3. The van der Waals surface area contributed by atoms with Crippen LogP contribution in [0.4, 0.5) is 5.69 Å². The van der Waals surface area contributed by atoms with Gasteiger partial charge in [-0.15, -0.1) is 0 Å². The summed E-state index contributed by atoms with van der Waals surface area (Å²) >= 11 is 0. The zero-order valence-corrected chi connectivity index (χ0v) is 9.19. The van der Waals surface area contributed by atoms with Gasteiger partial charge in [0.15, 0.2) is 5.75 Å². The average molecular weight is 215 g/mol. The number of ether oxygens (including phenoxy) is 1. The van der Waals surface area contributed by atoms with Crippen molar-refractivity contribution >= 4 is 11.6 Å². The number of carbonyl (C=O) groups excluding carboxylic acids is 1. The molecule has 0 aromatic heterocycles. The first-order valence-electron chi connectivity index (χ1n) is 5.31. The molecule has 1 heterocycles. The Bertz CT molecular complexity index is 456. The minimum Gasteiger partial charge on any atom is -0.405 e. The van der Waals surface area contributed by atoms with E-state index in [1.54, 1.807) is 11.8 Å². The highest BCUT2D eigenvalue weighted by Gasteiger charge is 2.24. The lowest BCUT2D eigenvalue weighted by atomic mass is 10.2. The highest BCUT2D eigenvalue weighted by molar-refractivity contribution is 5.96. The lowest BCUT2D eigenvalue weighted by Gasteiger charge is -2.17. The van der Waals surface area contributed by atoms with Gasteiger partial charge in [-0.25, -0.2) is 0 Å². The van der Waals surface area contributed by atoms with Crippen molar-refractivity contribution in [1.82, 2.24) is 0 Å². The van der Waals surface area contributed by atoms with Crippen molar-refractivity contribution in [3.63, 3.8) is 0 Å². The molecule has 1 aliphatic heterocycles. The molecule has 0 saturated carbocycles. The van der Waals surface area contributed by atoms with Crippen molar-refractivity contribution in [2.24, 2.45) is 0 Å². The highest BCUT2D eigenvalue weighted by atomic mass is 16.5. The molecular weight excluding hydrogens is 202 g/mol. The highest BCUT2D eigenvalue weighted by Crippen LogP contribution is 2.30. The van der Waals surface area contributed by atoms with Crippen LogP contribution in [0.25, 0.3) is 0 Å². The molecule has 0 aliphatic carbocycles. The second-order valence-corrected chi connectivity index (χ2v) is 3.57. The zero-order valence-electron chi connectivity index (χ0n) is 9.19. The van der Waals surface area contributed by atoms with Gasteiger partial charge in [-0.05, 0) is 18.6 Å². The van der Waals surface area contributed by atoms with Crippen LogP contribution in [0.5, 0.6) is 5.75 Å². The van der Waals surface area contributed by atoms with Gasteiger partial charge in [-0.3, -0.25) is 4.79 Å². The number of rotatable bonds is 2. The molecule has 0 unspecified atom stereocenters. The van der Waals surface area contributed by atoms with Gasteiger partial charge in [0.25, 0.3) is 0 Å². The molecule has 3 heteroatoms. The van der Waals surface area contributed by atoms with Crippen molar-refractivity contribution < 1.29 is 9.53 Å². The van der Waals surface area contributed by atoms with Crippen LogP contribution in [0.1, 0.15) is 19.8 Å². The third-order valence-electron chi connectivity index (χ3n) is 2.49. The largest absolute Gasteiger partial charge is 0.405 e. The van der Waals surface area contributed by atoms with Gasteiger partial charge in [-0.2, -0.15) is 0 Å². The molecule has 0 radical (unpaired) electrons. The number of carbonyl (C=O) groups is 1. The van der Waals surface area contributed by atoms with Gasteiger partial charge >= 0.3 is 0 Å². The molecule has 0 bridgehead atoms. The molecule has 0 spiro atoms. The zero-order chi connectivity index (χ0) is 11.4. The van der Waals surface area contributed by atoms with Gasteiger partial charge in [-0.1, -0.05) is 18.1 Å². The Morgan fingerprint density at radius 1 is 1.38 bits per heavy atom. The average Bonchev–Trinajstić information content (AvgIpc) is 2.73. The number of nitrogens with zero attached hydrogens (tertiary/aromatic N) is 1. The summed E-state index contributed by atoms with van der Waals surface area (Å²) in [5.74, 6) is 3.47. The second kappa shape index (κ2) is 4.71. The summed E-state index contributed by atoms with van der Waals surface area (Å²) in [6.45, 7) is 2.47. The first-order chi connectivity index (χ1) is 7.83. The third-order valence-corrected chi connectivity index (χ3v) is 2.49. The predicted molar refractivity (Wildman–Crippen MR) is 62.1 cm³/mol. The number of hydrogen-bond donors (Lipinski definition) is 0. The Morgan fingerprint density at radius 2 is 2.19 bits per heavy atom. The van der Waals surface area contributed by atoms with Crippen LogP contribution in [0.2, 0.25) is 0 Å². The van der Waals surface area contributed by atoms with Gasteiger partial charge < -0.3 is 9.64 Å². The molecule has 1 aliphatic rings. The van der Waals surface area contributed by atoms with Gasteiger partial charge in [0.1, 0.15) is 6.11 Å². The van der Waals surface area contributed by atoms with Crippen LogP contribution < -0.4 is 9.64 Å². The number of hydrogen-bond acceptors (Lipinski definition) is 2. The first-order valence-corrected chi connectivity index (χ1v) is 5.31. The maximum absolute atomic E-state index is 11.6. The van der Waals surface area contributed by atoms with Crippen molar-refractivity contribution in [2.75, 3.05) is 11.4 Å². The maximum atomic E-state index is 11.6. The van der Waals surface area contributed by atoms with Crippen molar-refractivity contribution in [3.05, 3.63) is 24.3 Å². The fourth-order valence-corrected chi connectivity index (χ4v) is 1.78. The van der Waals surface area contributed by atoms with Crippen LogP contribution in [0.15, 0.2) is 24.3 Å². The molecule has 0 N–H and O–H groups in total. The molecule has 1 aromatic rings. The quantitative estimate of drug-likeness (QED) is 0.707. The van der Waals surface area contributed by atoms with Crippen LogP contribution in [0, 0.1) is 12.0 Å². The second-order valence-electron chi connectivity index (χ2n) is 3.57. The molecule has 16 heavy (non-hydrogen) atoms. The third kappa shape index (κ3) is 2.01. The fourth-order valence-electron chi connectivity index (χ4n) is 1.78. The van der Waals surface area contributed by atoms with E-state index in [0.29, 0.717) is 12.2 Å². The first kappa shape index (κ1) is 10.6. The van der Waals surface area contributed by atoms with E-state index < -0.39 is 0 Å². The van der Waals surface area contributed by atoms with E-state index in [-0.39, 0.29) is 5.91 Å². The molecular formula is C13H13NO2. The molecule has 0 atom stereocenters. The van der Waals surface area contributed by atoms with E-state index in [1.807, 2.05) is 24.3 Å². The molecule has 1 aromatic carbocycles. The Hall–Kier alpha value is -1.95. The Morgan fingerprint density at radius 3 is 2.88 bits per heavy atom. The Labute approximate surface area is 95.0 Å². The Kier molecular flexibility index (Phi) is 3.11. The maximum Gasteiger partial charge on any atom is 0.227 e. The van der Waals surface area contributed by atoms with Gasteiger partial charge in [0.05, 0.1) is 5.69 Å². The minimum atomic E-state index is 0.153. The van der Waals surface area contributed by atoms with Crippen molar-refractivity contribution in [2.45, 2.75) is 19.8 Å². The number of amides is 1. The van der Waals surface area contributed by atoms with E-state index in [1.165, 1.54) is 0 Å². The molecule has 1 saturated heterocycles. The molecule has 2 rings (SSSR count). The van der Waals surface area contributed by atoms with E-state index in [0.717, 1.165) is 18.7 Å². The van der Waals surface area contributed by atoms with E-state index in [4.69, 9.17) is 4.74 Å². The number of benzene rings is 1. The summed E-state index contributed by atoms with van der Waals surface area (Å²) in [5.41, 5.74) is 0.813. The molecule has 3 nitrogen and oxygen atoms in total. The van der Waals surface area contributed by atoms with Crippen molar-refractivity contribution in [3.8, 4) is 17.8 Å². The normalized spacial score (nSPS) is 14.6.